The second kappa shape index (κ2) is 7.38. The average Bonchev–Trinajstić information content (AvgIpc) is 2.39. The standard InChI is InChI=1S/C12H12ClNO5/c1-2-19-12(15)11(13)8-18-7-9-3-5-10(6-4-9)14(16)17/h3-6,8H,2,7H2,1H3/b11-8-. The molecule has 0 saturated carbocycles. The second-order valence-corrected chi connectivity index (χ2v) is 3.83. The zero-order valence-corrected chi connectivity index (χ0v) is 10.9. The Bertz CT molecular complexity index is 483. The fourth-order valence-electron chi connectivity index (χ4n) is 1.17. The summed E-state index contributed by atoms with van der Waals surface area (Å²) < 4.78 is 9.74. The van der Waals surface area contributed by atoms with Gasteiger partial charge in [-0.25, -0.2) is 4.79 Å². The summed E-state index contributed by atoms with van der Waals surface area (Å²) in [5.41, 5.74) is 0.721. The van der Waals surface area contributed by atoms with Crippen molar-refractivity contribution in [2.75, 3.05) is 6.61 Å². The van der Waals surface area contributed by atoms with Crippen LogP contribution in [0, 0.1) is 10.1 Å². The molecule has 0 bridgehead atoms. The molecule has 1 aromatic rings. The lowest BCUT2D eigenvalue weighted by molar-refractivity contribution is -0.384. The predicted octanol–water partition coefficient (Wildman–Crippen LogP) is 2.75. The van der Waals surface area contributed by atoms with Crippen LogP contribution in [-0.2, 0) is 20.9 Å². The molecule has 0 aliphatic rings. The van der Waals surface area contributed by atoms with Crippen LogP contribution in [0.1, 0.15) is 12.5 Å². The van der Waals surface area contributed by atoms with Gasteiger partial charge in [-0.2, -0.15) is 0 Å². The van der Waals surface area contributed by atoms with Gasteiger partial charge in [0.25, 0.3) is 5.69 Å². The van der Waals surface area contributed by atoms with Crippen LogP contribution in [0.4, 0.5) is 5.69 Å². The molecule has 0 atom stereocenters. The third kappa shape index (κ3) is 4.97. The summed E-state index contributed by atoms with van der Waals surface area (Å²) in [5, 5.41) is 10.3. The third-order valence-corrected chi connectivity index (χ3v) is 2.30. The molecule has 0 aliphatic carbocycles. The fourth-order valence-corrected chi connectivity index (χ4v) is 1.29. The molecule has 0 unspecified atom stereocenters. The Balaban J connectivity index is 2.51. The Morgan fingerprint density at radius 3 is 2.58 bits per heavy atom. The molecule has 0 aliphatic heterocycles. The number of esters is 1. The summed E-state index contributed by atoms with van der Waals surface area (Å²) in [7, 11) is 0. The van der Waals surface area contributed by atoms with Gasteiger partial charge in [-0.05, 0) is 24.6 Å². The number of carbonyl (C=O) groups is 1. The fraction of sp³-hybridized carbons (Fsp3) is 0.250. The maximum Gasteiger partial charge on any atom is 0.352 e. The first-order chi connectivity index (χ1) is 9.04. The van der Waals surface area contributed by atoms with Gasteiger partial charge < -0.3 is 9.47 Å². The van der Waals surface area contributed by atoms with Crippen LogP contribution in [0.2, 0.25) is 0 Å². The highest BCUT2D eigenvalue weighted by molar-refractivity contribution is 6.41. The van der Waals surface area contributed by atoms with Gasteiger partial charge in [-0.15, -0.1) is 0 Å². The monoisotopic (exact) mass is 285 g/mol. The van der Waals surface area contributed by atoms with Crippen molar-refractivity contribution < 1.29 is 19.2 Å². The minimum absolute atomic E-state index is 0.00356. The van der Waals surface area contributed by atoms with Gasteiger partial charge >= 0.3 is 5.97 Å². The number of nitrogens with zero attached hydrogens (tertiary/aromatic N) is 1. The van der Waals surface area contributed by atoms with Gasteiger partial charge in [0, 0.05) is 12.1 Å². The number of rotatable bonds is 6. The van der Waals surface area contributed by atoms with Crippen LogP contribution in [0.15, 0.2) is 35.6 Å². The molecule has 102 valence electrons. The van der Waals surface area contributed by atoms with Gasteiger partial charge in [0.05, 0.1) is 11.5 Å². The van der Waals surface area contributed by atoms with Gasteiger partial charge in [0.1, 0.15) is 12.9 Å². The summed E-state index contributed by atoms with van der Waals surface area (Å²) in [6.45, 7) is 2.04. The number of non-ortho nitro benzene ring substituents is 1. The first kappa shape index (κ1) is 15.0. The molecule has 0 amide bonds. The summed E-state index contributed by atoms with van der Waals surface area (Å²) in [6.07, 6.45) is 1.08. The van der Waals surface area contributed by atoms with Crippen molar-refractivity contribution in [3.05, 3.63) is 51.2 Å². The summed E-state index contributed by atoms with van der Waals surface area (Å²) in [6, 6.07) is 5.86. The Morgan fingerprint density at radius 1 is 1.42 bits per heavy atom. The van der Waals surface area contributed by atoms with E-state index in [0.29, 0.717) is 0 Å². The number of hydrogen-bond acceptors (Lipinski definition) is 5. The van der Waals surface area contributed by atoms with E-state index < -0.39 is 10.9 Å². The van der Waals surface area contributed by atoms with Gasteiger partial charge in [0.2, 0.25) is 0 Å². The van der Waals surface area contributed by atoms with Crippen molar-refractivity contribution in [2.24, 2.45) is 0 Å². The van der Waals surface area contributed by atoms with E-state index in [-0.39, 0.29) is 23.9 Å². The zero-order chi connectivity index (χ0) is 14.3. The minimum atomic E-state index is -0.659. The van der Waals surface area contributed by atoms with E-state index in [0.717, 1.165) is 11.8 Å². The lowest BCUT2D eigenvalue weighted by Crippen LogP contribution is -2.04. The van der Waals surface area contributed by atoms with Crippen LogP contribution in [0.25, 0.3) is 0 Å². The average molecular weight is 286 g/mol. The molecule has 6 nitrogen and oxygen atoms in total. The predicted molar refractivity (Wildman–Crippen MR) is 68.5 cm³/mol. The maximum absolute atomic E-state index is 11.1. The second-order valence-electron chi connectivity index (χ2n) is 3.42. The van der Waals surface area contributed by atoms with E-state index in [4.69, 9.17) is 16.3 Å². The summed E-state index contributed by atoms with van der Waals surface area (Å²) >= 11 is 5.62. The Kier molecular flexibility index (Phi) is 5.81. The van der Waals surface area contributed by atoms with Gasteiger partial charge in [-0.3, -0.25) is 10.1 Å². The van der Waals surface area contributed by atoms with Crippen molar-refractivity contribution in [1.82, 2.24) is 0 Å². The molecule has 19 heavy (non-hydrogen) atoms. The topological polar surface area (TPSA) is 78.7 Å². The van der Waals surface area contributed by atoms with Crippen LogP contribution >= 0.6 is 11.6 Å². The summed E-state index contributed by atoms with van der Waals surface area (Å²) in [5.74, 6) is -0.659. The zero-order valence-electron chi connectivity index (χ0n) is 10.2. The molecule has 0 heterocycles. The molecule has 0 spiro atoms. The number of carbonyl (C=O) groups excluding carboxylic acids is 1. The number of hydrogen-bond donors (Lipinski definition) is 0. The van der Waals surface area contributed by atoms with Gasteiger partial charge in [-0.1, -0.05) is 11.6 Å². The number of halogens is 1. The van der Waals surface area contributed by atoms with Crippen molar-refractivity contribution in [3.63, 3.8) is 0 Å². The third-order valence-electron chi connectivity index (χ3n) is 2.05. The van der Waals surface area contributed by atoms with E-state index in [1.165, 1.54) is 12.1 Å². The lowest BCUT2D eigenvalue weighted by Gasteiger charge is -2.03. The van der Waals surface area contributed by atoms with Gasteiger partial charge in [0.15, 0.2) is 5.03 Å². The summed E-state index contributed by atoms with van der Waals surface area (Å²) in [4.78, 5) is 21.1. The lowest BCUT2D eigenvalue weighted by atomic mass is 10.2. The van der Waals surface area contributed by atoms with E-state index in [1.54, 1.807) is 19.1 Å². The van der Waals surface area contributed by atoms with Crippen LogP contribution in [0.3, 0.4) is 0 Å². The highest BCUT2D eigenvalue weighted by Crippen LogP contribution is 2.13. The Hall–Kier alpha value is -2.08. The Labute approximate surface area is 114 Å². The largest absolute Gasteiger partial charge is 0.495 e. The molecule has 0 saturated heterocycles. The van der Waals surface area contributed by atoms with E-state index in [2.05, 4.69) is 4.74 Å². The molecular formula is C12H12ClNO5. The number of nitro groups is 1. The molecular weight excluding hydrogens is 274 g/mol. The first-order valence-electron chi connectivity index (χ1n) is 5.42. The van der Waals surface area contributed by atoms with Crippen molar-refractivity contribution in [3.8, 4) is 0 Å². The smallest absolute Gasteiger partial charge is 0.352 e. The van der Waals surface area contributed by atoms with E-state index in [9.17, 15) is 14.9 Å². The highest BCUT2D eigenvalue weighted by atomic mass is 35.5. The van der Waals surface area contributed by atoms with Crippen LogP contribution in [0.5, 0.6) is 0 Å². The maximum atomic E-state index is 11.1. The Morgan fingerprint density at radius 2 is 2.05 bits per heavy atom. The molecule has 0 radical (unpaired) electrons. The molecule has 1 rings (SSSR count). The number of nitro benzene ring substituents is 1. The van der Waals surface area contributed by atoms with Crippen molar-refractivity contribution >= 4 is 23.3 Å². The SMILES string of the molecule is CCOC(=O)/C(Cl)=C/OCc1ccc([N+](=O)[O-])cc1. The normalized spacial score (nSPS) is 10.9. The minimum Gasteiger partial charge on any atom is -0.495 e. The van der Waals surface area contributed by atoms with Crippen LogP contribution in [-0.4, -0.2) is 17.5 Å². The van der Waals surface area contributed by atoms with Crippen LogP contribution < -0.4 is 0 Å². The van der Waals surface area contributed by atoms with Crippen molar-refractivity contribution in [2.45, 2.75) is 13.5 Å². The molecule has 1 aromatic carbocycles. The molecule has 0 fully saturated rings. The van der Waals surface area contributed by atoms with Crippen molar-refractivity contribution in [1.29, 1.82) is 0 Å². The van der Waals surface area contributed by atoms with E-state index >= 15 is 0 Å². The number of benzene rings is 1. The first-order valence-corrected chi connectivity index (χ1v) is 5.80. The molecule has 0 N–H and O–H groups in total. The number of ether oxygens (including phenoxy) is 2. The molecule has 7 heteroatoms. The van der Waals surface area contributed by atoms with E-state index in [1.807, 2.05) is 0 Å². The highest BCUT2D eigenvalue weighted by Gasteiger charge is 2.07. The molecule has 0 aromatic heterocycles. The quantitative estimate of drug-likeness (QED) is 0.264.